The molecule has 5 heteroatoms. The SMILES string of the molecule is CCCN(Cc1ccccc1)Cn1ncn(-c2ccccc2)c1=S. The van der Waals surface area contributed by atoms with Gasteiger partial charge in [0.25, 0.3) is 0 Å². The molecule has 1 heterocycles. The normalized spacial score (nSPS) is 11.1. The minimum absolute atomic E-state index is 0.696. The van der Waals surface area contributed by atoms with Crippen molar-refractivity contribution in [2.75, 3.05) is 6.54 Å². The number of benzene rings is 2. The van der Waals surface area contributed by atoms with Gasteiger partial charge in [0.1, 0.15) is 6.33 Å². The topological polar surface area (TPSA) is 26.0 Å². The second-order valence-electron chi connectivity index (χ2n) is 5.80. The molecule has 0 saturated carbocycles. The molecule has 3 aromatic rings. The van der Waals surface area contributed by atoms with E-state index in [1.165, 1.54) is 5.56 Å². The van der Waals surface area contributed by atoms with Crippen LogP contribution in [-0.2, 0) is 13.2 Å². The Balaban J connectivity index is 1.78. The maximum Gasteiger partial charge on any atom is 0.203 e. The van der Waals surface area contributed by atoms with Crippen molar-refractivity contribution in [2.45, 2.75) is 26.6 Å². The van der Waals surface area contributed by atoms with Gasteiger partial charge < -0.3 is 0 Å². The van der Waals surface area contributed by atoms with Gasteiger partial charge >= 0.3 is 0 Å². The summed E-state index contributed by atoms with van der Waals surface area (Å²) in [5.74, 6) is 0. The fourth-order valence-corrected chi connectivity index (χ4v) is 3.00. The van der Waals surface area contributed by atoms with Crippen molar-refractivity contribution in [3.05, 3.63) is 77.3 Å². The number of hydrogen-bond donors (Lipinski definition) is 0. The molecule has 0 aliphatic rings. The summed E-state index contributed by atoms with van der Waals surface area (Å²) >= 11 is 5.61. The molecule has 0 bridgehead atoms. The standard InChI is InChI=1S/C19H22N4S/c1-2-13-21(14-17-9-5-3-6-10-17)16-23-19(24)22(15-20-23)18-11-7-4-8-12-18/h3-12,15H,2,13-14,16H2,1H3. The first-order valence-electron chi connectivity index (χ1n) is 8.24. The average Bonchev–Trinajstić information content (AvgIpc) is 2.97. The predicted molar refractivity (Wildman–Crippen MR) is 99.5 cm³/mol. The molecule has 0 N–H and O–H groups in total. The first kappa shape index (κ1) is 16.6. The van der Waals surface area contributed by atoms with E-state index in [-0.39, 0.29) is 0 Å². The van der Waals surface area contributed by atoms with Crippen molar-refractivity contribution in [3.8, 4) is 5.69 Å². The highest BCUT2D eigenvalue weighted by atomic mass is 32.1. The molecule has 4 nitrogen and oxygen atoms in total. The number of nitrogens with zero attached hydrogens (tertiary/aromatic N) is 4. The van der Waals surface area contributed by atoms with Crippen LogP contribution in [0.4, 0.5) is 0 Å². The smallest absolute Gasteiger partial charge is 0.203 e. The fourth-order valence-electron chi connectivity index (χ4n) is 2.75. The monoisotopic (exact) mass is 338 g/mol. The number of rotatable bonds is 7. The minimum Gasteiger partial charge on any atom is -0.280 e. The fraction of sp³-hybridized carbons (Fsp3) is 0.263. The predicted octanol–water partition coefficient (Wildman–Crippen LogP) is 4.27. The maximum atomic E-state index is 5.61. The van der Waals surface area contributed by atoms with Crippen LogP contribution in [-0.4, -0.2) is 25.8 Å². The van der Waals surface area contributed by atoms with Crippen molar-refractivity contribution < 1.29 is 0 Å². The lowest BCUT2D eigenvalue weighted by Crippen LogP contribution is -2.27. The average molecular weight is 338 g/mol. The number of hydrogen-bond acceptors (Lipinski definition) is 3. The Morgan fingerprint density at radius 3 is 2.33 bits per heavy atom. The molecule has 124 valence electrons. The molecular formula is C19H22N4S. The molecule has 0 fully saturated rings. The molecule has 0 amide bonds. The Morgan fingerprint density at radius 2 is 1.67 bits per heavy atom. The second kappa shape index (κ2) is 8.04. The lowest BCUT2D eigenvalue weighted by Gasteiger charge is -2.21. The summed E-state index contributed by atoms with van der Waals surface area (Å²) in [4.78, 5) is 2.37. The van der Waals surface area contributed by atoms with E-state index in [4.69, 9.17) is 12.2 Å². The third kappa shape index (κ3) is 3.99. The highest BCUT2D eigenvalue weighted by Crippen LogP contribution is 2.10. The van der Waals surface area contributed by atoms with Crippen molar-refractivity contribution >= 4 is 12.2 Å². The van der Waals surface area contributed by atoms with Crippen molar-refractivity contribution in [1.82, 2.24) is 19.2 Å². The van der Waals surface area contributed by atoms with E-state index >= 15 is 0 Å². The van der Waals surface area contributed by atoms with Crippen LogP contribution in [0.1, 0.15) is 18.9 Å². The summed E-state index contributed by atoms with van der Waals surface area (Å²) in [6, 6.07) is 20.6. The van der Waals surface area contributed by atoms with Gasteiger partial charge in [-0.05, 0) is 42.9 Å². The number of para-hydroxylation sites is 1. The van der Waals surface area contributed by atoms with E-state index in [2.05, 4.69) is 41.2 Å². The van der Waals surface area contributed by atoms with E-state index in [1.54, 1.807) is 6.33 Å². The zero-order valence-electron chi connectivity index (χ0n) is 13.9. The third-order valence-corrected chi connectivity index (χ3v) is 4.30. The van der Waals surface area contributed by atoms with Crippen LogP contribution in [0.25, 0.3) is 5.69 Å². The van der Waals surface area contributed by atoms with Gasteiger partial charge in [0, 0.05) is 12.2 Å². The molecule has 0 aliphatic heterocycles. The highest BCUT2D eigenvalue weighted by molar-refractivity contribution is 7.71. The van der Waals surface area contributed by atoms with Crippen LogP contribution in [0.2, 0.25) is 0 Å². The first-order valence-corrected chi connectivity index (χ1v) is 8.65. The van der Waals surface area contributed by atoms with Crippen LogP contribution >= 0.6 is 12.2 Å². The van der Waals surface area contributed by atoms with E-state index in [9.17, 15) is 0 Å². The van der Waals surface area contributed by atoms with Crippen molar-refractivity contribution in [2.24, 2.45) is 0 Å². The molecule has 0 unspecified atom stereocenters. The van der Waals surface area contributed by atoms with E-state index in [1.807, 2.05) is 45.6 Å². The largest absolute Gasteiger partial charge is 0.280 e. The van der Waals surface area contributed by atoms with Crippen LogP contribution in [0.15, 0.2) is 67.0 Å². The molecule has 1 aromatic heterocycles. The van der Waals surface area contributed by atoms with Crippen LogP contribution < -0.4 is 0 Å². The molecule has 0 aliphatic carbocycles. The van der Waals surface area contributed by atoms with Gasteiger partial charge in [-0.3, -0.25) is 9.47 Å². The Labute approximate surface area is 148 Å². The Morgan fingerprint density at radius 1 is 1.00 bits per heavy atom. The summed E-state index contributed by atoms with van der Waals surface area (Å²) in [6.07, 6.45) is 2.89. The van der Waals surface area contributed by atoms with Gasteiger partial charge in [0.2, 0.25) is 4.77 Å². The van der Waals surface area contributed by atoms with Crippen molar-refractivity contribution in [3.63, 3.8) is 0 Å². The van der Waals surface area contributed by atoms with Crippen molar-refractivity contribution in [1.29, 1.82) is 0 Å². The lowest BCUT2D eigenvalue weighted by molar-refractivity contribution is 0.197. The maximum absolute atomic E-state index is 5.61. The minimum atomic E-state index is 0.696. The Hall–Kier alpha value is -2.24. The van der Waals surface area contributed by atoms with Gasteiger partial charge in [-0.15, -0.1) is 0 Å². The number of aromatic nitrogens is 3. The second-order valence-corrected chi connectivity index (χ2v) is 6.16. The Bertz CT molecular complexity index is 808. The van der Waals surface area contributed by atoms with E-state index in [0.29, 0.717) is 6.67 Å². The van der Waals surface area contributed by atoms with Gasteiger partial charge in [-0.25, -0.2) is 4.68 Å². The molecule has 0 radical (unpaired) electrons. The first-order chi connectivity index (χ1) is 11.8. The molecule has 0 spiro atoms. The molecule has 3 rings (SSSR count). The summed E-state index contributed by atoms with van der Waals surface area (Å²) in [5, 5.41) is 4.49. The van der Waals surface area contributed by atoms with Crippen LogP contribution in [0, 0.1) is 4.77 Å². The Kier molecular flexibility index (Phi) is 5.56. The molecule has 0 atom stereocenters. The van der Waals surface area contributed by atoms with Crippen LogP contribution in [0.5, 0.6) is 0 Å². The quantitative estimate of drug-likeness (QED) is 0.602. The summed E-state index contributed by atoms with van der Waals surface area (Å²) in [6.45, 7) is 4.80. The van der Waals surface area contributed by atoms with Crippen LogP contribution in [0.3, 0.4) is 0 Å². The highest BCUT2D eigenvalue weighted by Gasteiger charge is 2.09. The zero-order valence-corrected chi connectivity index (χ0v) is 14.7. The molecular weight excluding hydrogens is 316 g/mol. The molecule has 0 saturated heterocycles. The third-order valence-electron chi connectivity index (χ3n) is 3.89. The van der Waals surface area contributed by atoms with E-state index in [0.717, 1.165) is 30.0 Å². The van der Waals surface area contributed by atoms with Gasteiger partial charge in [-0.2, -0.15) is 5.10 Å². The lowest BCUT2D eigenvalue weighted by atomic mass is 10.2. The van der Waals surface area contributed by atoms with E-state index < -0.39 is 0 Å². The molecule has 24 heavy (non-hydrogen) atoms. The van der Waals surface area contributed by atoms with Gasteiger partial charge in [0.15, 0.2) is 0 Å². The summed E-state index contributed by atoms with van der Waals surface area (Å²) in [7, 11) is 0. The summed E-state index contributed by atoms with van der Waals surface area (Å²) < 4.78 is 4.55. The summed E-state index contributed by atoms with van der Waals surface area (Å²) in [5.41, 5.74) is 2.35. The molecule has 2 aromatic carbocycles. The zero-order chi connectivity index (χ0) is 16.8. The van der Waals surface area contributed by atoms with Gasteiger partial charge in [-0.1, -0.05) is 55.5 Å². The van der Waals surface area contributed by atoms with Gasteiger partial charge in [0.05, 0.1) is 6.67 Å².